The first kappa shape index (κ1) is 12.0. The summed E-state index contributed by atoms with van der Waals surface area (Å²) in [4.78, 5) is 2.34. The lowest BCUT2D eigenvalue weighted by Crippen LogP contribution is -2.26. The van der Waals surface area contributed by atoms with Gasteiger partial charge in [0.1, 0.15) is 18.1 Å². The van der Waals surface area contributed by atoms with Gasteiger partial charge in [0.2, 0.25) is 0 Å². The van der Waals surface area contributed by atoms with Gasteiger partial charge in [0.05, 0.1) is 7.11 Å². The molecule has 0 aliphatic heterocycles. The van der Waals surface area contributed by atoms with Crippen LogP contribution >= 0.6 is 0 Å². The van der Waals surface area contributed by atoms with E-state index in [9.17, 15) is 0 Å². The van der Waals surface area contributed by atoms with Crippen LogP contribution in [0.2, 0.25) is 0 Å². The Balaban J connectivity index is 1.83. The van der Waals surface area contributed by atoms with Gasteiger partial charge in [0.15, 0.2) is 0 Å². The second-order valence-corrected chi connectivity index (χ2v) is 4.50. The number of hydrogen-bond acceptors (Lipinski definition) is 4. The van der Waals surface area contributed by atoms with Crippen molar-refractivity contribution in [1.29, 1.82) is 0 Å². The molecule has 0 aromatic heterocycles. The van der Waals surface area contributed by atoms with Crippen LogP contribution in [0, 0.1) is 0 Å². The van der Waals surface area contributed by atoms with Crippen LogP contribution in [0.5, 0.6) is 11.5 Å². The summed E-state index contributed by atoms with van der Waals surface area (Å²) in [5.41, 5.74) is 6.42. The maximum absolute atomic E-state index is 5.75. The van der Waals surface area contributed by atoms with Crippen molar-refractivity contribution < 1.29 is 9.47 Å². The zero-order valence-corrected chi connectivity index (χ0v) is 10.5. The van der Waals surface area contributed by atoms with Crippen LogP contribution in [0.4, 0.5) is 5.69 Å². The number of benzene rings is 1. The van der Waals surface area contributed by atoms with Crippen LogP contribution in [0.3, 0.4) is 0 Å². The molecule has 1 fully saturated rings. The van der Waals surface area contributed by atoms with Gasteiger partial charge in [-0.15, -0.1) is 0 Å². The molecule has 1 aliphatic carbocycles. The molecule has 1 saturated carbocycles. The zero-order valence-electron chi connectivity index (χ0n) is 10.5. The van der Waals surface area contributed by atoms with Crippen molar-refractivity contribution in [3.63, 3.8) is 0 Å². The largest absolute Gasteiger partial charge is 0.497 e. The molecular formula is C13H20N2O2. The summed E-state index contributed by atoms with van der Waals surface area (Å²) in [6.45, 7) is 1.63. The molecule has 94 valence electrons. The van der Waals surface area contributed by atoms with Gasteiger partial charge in [-0.1, -0.05) is 0 Å². The fourth-order valence-electron chi connectivity index (χ4n) is 1.80. The Bertz CT molecular complexity index is 378. The molecule has 1 aromatic rings. The van der Waals surface area contributed by atoms with E-state index >= 15 is 0 Å². The van der Waals surface area contributed by atoms with Crippen LogP contribution in [0.15, 0.2) is 18.2 Å². The van der Waals surface area contributed by atoms with E-state index in [4.69, 9.17) is 15.2 Å². The molecule has 2 N–H and O–H groups in total. The maximum atomic E-state index is 5.75. The Hall–Kier alpha value is -1.42. The van der Waals surface area contributed by atoms with Gasteiger partial charge in [-0.25, -0.2) is 0 Å². The first-order valence-electron chi connectivity index (χ1n) is 5.96. The Morgan fingerprint density at radius 2 is 2.00 bits per heavy atom. The number of nitrogens with zero attached hydrogens (tertiary/aromatic N) is 1. The number of nitrogens with two attached hydrogens (primary N) is 1. The number of likely N-dealkylation sites (N-methyl/N-ethyl adjacent to an activating group) is 1. The number of ether oxygens (including phenoxy) is 2. The molecule has 0 radical (unpaired) electrons. The smallest absolute Gasteiger partial charge is 0.125 e. The topological polar surface area (TPSA) is 47.7 Å². The van der Waals surface area contributed by atoms with Crippen molar-refractivity contribution in [1.82, 2.24) is 4.90 Å². The van der Waals surface area contributed by atoms with Gasteiger partial charge in [-0.05, 0) is 19.9 Å². The number of hydrogen-bond donors (Lipinski definition) is 1. The summed E-state index contributed by atoms with van der Waals surface area (Å²) >= 11 is 0. The molecule has 0 unspecified atom stereocenters. The summed E-state index contributed by atoms with van der Waals surface area (Å²) < 4.78 is 10.8. The SMILES string of the molecule is COc1cc(N)cc(OCCN(C)C2CC2)c1. The maximum Gasteiger partial charge on any atom is 0.125 e. The third kappa shape index (κ3) is 3.53. The molecule has 0 atom stereocenters. The summed E-state index contributed by atoms with van der Waals surface area (Å²) in [6, 6.07) is 6.23. The van der Waals surface area contributed by atoms with Gasteiger partial charge in [0, 0.05) is 36.5 Å². The van der Waals surface area contributed by atoms with Gasteiger partial charge < -0.3 is 20.1 Å². The van der Waals surface area contributed by atoms with Crippen LogP contribution in [0.25, 0.3) is 0 Å². The van der Waals surface area contributed by atoms with Crippen molar-refractivity contribution >= 4 is 5.69 Å². The highest BCUT2D eigenvalue weighted by Crippen LogP contribution is 2.26. The van der Waals surface area contributed by atoms with Crippen LogP contribution in [-0.4, -0.2) is 38.3 Å². The summed E-state index contributed by atoms with van der Waals surface area (Å²) in [6.07, 6.45) is 2.64. The average molecular weight is 236 g/mol. The molecule has 1 aliphatic rings. The first-order chi connectivity index (χ1) is 8.19. The lowest BCUT2D eigenvalue weighted by Gasteiger charge is -2.16. The van der Waals surface area contributed by atoms with Gasteiger partial charge in [0.25, 0.3) is 0 Å². The standard InChI is InChI=1S/C13H20N2O2/c1-15(11-3-4-11)5-6-17-13-8-10(14)7-12(9-13)16-2/h7-9,11H,3-6,14H2,1-2H3. The minimum absolute atomic E-state index is 0.662. The van der Waals surface area contributed by atoms with Crippen molar-refractivity contribution in [2.45, 2.75) is 18.9 Å². The average Bonchev–Trinajstić information content (AvgIpc) is 3.12. The zero-order chi connectivity index (χ0) is 12.3. The fourth-order valence-corrected chi connectivity index (χ4v) is 1.80. The molecule has 2 rings (SSSR count). The van der Waals surface area contributed by atoms with E-state index in [1.165, 1.54) is 12.8 Å². The Labute approximate surface area is 102 Å². The molecule has 0 bridgehead atoms. The van der Waals surface area contributed by atoms with Crippen LogP contribution in [0.1, 0.15) is 12.8 Å². The van der Waals surface area contributed by atoms with Crippen LogP contribution in [-0.2, 0) is 0 Å². The molecule has 0 spiro atoms. The Morgan fingerprint density at radius 1 is 1.29 bits per heavy atom. The lowest BCUT2D eigenvalue weighted by atomic mass is 10.3. The van der Waals surface area contributed by atoms with Crippen molar-refractivity contribution in [3.05, 3.63) is 18.2 Å². The predicted octanol–water partition coefficient (Wildman–Crippen LogP) is 1.75. The van der Waals surface area contributed by atoms with E-state index in [1.54, 1.807) is 13.2 Å². The van der Waals surface area contributed by atoms with Crippen LogP contribution < -0.4 is 15.2 Å². The molecule has 1 aromatic carbocycles. The highest BCUT2D eigenvalue weighted by molar-refractivity contribution is 5.50. The Morgan fingerprint density at radius 3 is 2.65 bits per heavy atom. The third-order valence-electron chi connectivity index (χ3n) is 3.02. The molecule has 4 heteroatoms. The normalized spacial score (nSPS) is 15.0. The van der Waals surface area contributed by atoms with E-state index in [0.29, 0.717) is 12.3 Å². The lowest BCUT2D eigenvalue weighted by molar-refractivity contribution is 0.231. The number of methoxy groups -OCH3 is 1. The van der Waals surface area contributed by atoms with Gasteiger partial charge in [-0.2, -0.15) is 0 Å². The second kappa shape index (κ2) is 5.27. The van der Waals surface area contributed by atoms with E-state index in [-0.39, 0.29) is 0 Å². The molecular weight excluding hydrogens is 216 g/mol. The summed E-state index contributed by atoms with van der Waals surface area (Å²) in [5.74, 6) is 1.50. The van der Waals surface area contributed by atoms with Crippen molar-refractivity contribution in [2.24, 2.45) is 0 Å². The van der Waals surface area contributed by atoms with Gasteiger partial charge in [-0.3, -0.25) is 0 Å². The van der Waals surface area contributed by atoms with Crippen molar-refractivity contribution in [3.8, 4) is 11.5 Å². The van der Waals surface area contributed by atoms with E-state index < -0.39 is 0 Å². The fraction of sp³-hybridized carbons (Fsp3) is 0.538. The van der Waals surface area contributed by atoms with Gasteiger partial charge >= 0.3 is 0 Å². The highest BCUT2D eigenvalue weighted by Gasteiger charge is 2.25. The van der Waals surface area contributed by atoms with E-state index in [2.05, 4.69) is 11.9 Å². The molecule has 17 heavy (non-hydrogen) atoms. The molecule has 4 nitrogen and oxygen atoms in total. The second-order valence-electron chi connectivity index (χ2n) is 4.50. The molecule has 0 heterocycles. The monoisotopic (exact) mass is 236 g/mol. The minimum Gasteiger partial charge on any atom is -0.497 e. The number of anilines is 1. The van der Waals surface area contributed by atoms with E-state index in [0.717, 1.165) is 24.1 Å². The summed E-state index contributed by atoms with van der Waals surface area (Å²) in [7, 11) is 3.76. The first-order valence-corrected chi connectivity index (χ1v) is 5.96. The van der Waals surface area contributed by atoms with Crippen molar-refractivity contribution in [2.75, 3.05) is 33.0 Å². The summed E-state index contributed by atoms with van der Waals surface area (Å²) in [5, 5.41) is 0. The highest BCUT2D eigenvalue weighted by atomic mass is 16.5. The quantitative estimate of drug-likeness (QED) is 0.764. The third-order valence-corrected chi connectivity index (χ3v) is 3.02. The molecule has 0 saturated heterocycles. The van der Waals surface area contributed by atoms with E-state index in [1.807, 2.05) is 12.1 Å². The Kier molecular flexibility index (Phi) is 3.74. The predicted molar refractivity (Wildman–Crippen MR) is 68.6 cm³/mol. The molecule has 0 amide bonds. The number of nitrogen functional groups attached to an aromatic ring is 1. The number of rotatable bonds is 6. The minimum atomic E-state index is 0.662.